The van der Waals surface area contributed by atoms with E-state index in [0.29, 0.717) is 12.3 Å². The minimum absolute atomic E-state index is 0.0788. The van der Waals surface area contributed by atoms with Crippen LogP contribution in [-0.4, -0.2) is 67.5 Å². The number of hydrogen-bond donors (Lipinski definition) is 0. The lowest BCUT2D eigenvalue weighted by Gasteiger charge is -2.36. The van der Waals surface area contributed by atoms with Crippen molar-refractivity contribution in [1.82, 2.24) is 9.80 Å². The van der Waals surface area contributed by atoms with Crippen LogP contribution in [0.2, 0.25) is 0 Å². The van der Waals surface area contributed by atoms with E-state index in [9.17, 15) is 13.2 Å². The molecule has 0 aromatic carbocycles. The molecule has 7 heteroatoms. The average Bonchev–Trinajstić information content (AvgIpc) is 2.28. The largest absolute Gasteiger partial charge is 0.331 e. The van der Waals surface area contributed by atoms with Crippen molar-refractivity contribution in [2.45, 2.75) is 12.3 Å². The van der Waals surface area contributed by atoms with Gasteiger partial charge in [-0.15, -0.1) is 0 Å². The molecule has 0 spiro atoms. The minimum atomic E-state index is -3.19. The molecule has 0 saturated carbocycles. The van der Waals surface area contributed by atoms with Crippen molar-refractivity contribution >= 4 is 27.6 Å². The second kappa shape index (κ2) is 5.27. The van der Waals surface area contributed by atoms with Crippen LogP contribution in [-0.2, 0) is 9.84 Å². The van der Waals surface area contributed by atoms with Gasteiger partial charge in [-0.25, -0.2) is 13.2 Å². The lowest BCUT2D eigenvalue weighted by Crippen LogP contribution is -2.53. The summed E-state index contributed by atoms with van der Waals surface area (Å²) in [5, 5.41) is -0.661. The molecule has 94 valence electrons. The van der Waals surface area contributed by atoms with Gasteiger partial charge in [0.15, 0.2) is 9.84 Å². The van der Waals surface area contributed by atoms with Gasteiger partial charge in [-0.05, 0) is 0 Å². The minimum Gasteiger partial charge on any atom is -0.331 e. The zero-order valence-electron chi connectivity index (χ0n) is 9.84. The van der Waals surface area contributed by atoms with Crippen LogP contribution >= 0.6 is 11.8 Å². The molecule has 16 heavy (non-hydrogen) atoms. The van der Waals surface area contributed by atoms with E-state index in [1.165, 1.54) is 9.80 Å². The van der Waals surface area contributed by atoms with Crippen LogP contribution in [0.1, 0.15) is 6.92 Å². The van der Waals surface area contributed by atoms with Gasteiger partial charge in [0.1, 0.15) is 5.37 Å². The summed E-state index contributed by atoms with van der Waals surface area (Å²) in [6.07, 6.45) is 0. The van der Waals surface area contributed by atoms with Crippen LogP contribution in [0.5, 0.6) is 0 Å². The summed E-state index contributed by atoms with van der Waals surface area (Å²) < 4.78 is 23.7. The van der Waals surface area contributed by atoms with Gasteiger partial charge in [-0.1, -0.05) is 6.92 Å². The molecule has 1 saturated heterocycles. The van der Waals surface area contributed by atoms with E-state index >= 15 is 0 Å². The lowest BCUT2D eigenvalue weighted by molar-refractivity contribution is 0.169. The van der Waals surface area contributed by atoms with E-state index < -0.39 is 15.2 Å². The van der Waals surface area contributed by atoms with Crippen LogP contribution in [0.3, 0.4) is 0 Å². The number of urea groups is 1. The predicted octanol–water partition coefficient (Wildman–Crippen LogP) is 0.478. The summed E-state index contributed by atoms with van der Waals surface area (Å²) in [6, 6.07) is -0.220. The maximum Gasteiger partial charge on any atom is 0.320 e. The van der Waals surface area contributed by atoms with Gasteiger partial charge in [-0.2, -0.15) is 11.8 Å². The maximum absolute atomic E-state index is 11.9. The third kappa shape index (κ3) is 2.82. The number of rotatable bonds is 2. The molecular weight excluding hydrogens is 248 g/mol. The molecule has 1 unspecified atom stereocenters. The van der Waals surface area contributed by atoms with Gasteiger partial charge < -0.3 is 9.80 Å². The Kier molecular flexibility index (Phi) is 4.49. The standard InChI is InChI=1S/C9H18N2O3S2/c1-4-16(13,14)8-7-15-6-5-11(8)9(12)10(2)3/h8H,4-7H2,1-3H3. The van der Waals surface area contributed by atoms with Crippen LogP contribution in [0, 0.1) is 0 Å². The summed E-state index contributed by atoms with van der Waals surface area (Å²) in [5.74, 6) is 1.36. The van der Waals surface area contributed by atoms with Crippen molar-refractivity contribution < 1.29 is 13.2 Å². The van der Waals surface area contributed by atoms with Crippen LogP contribution in [0.4, 0.5) is 4.79 Å². The zero-order chi connectivity index (χ0) is 12.3. The molecule has 1 fully saturated rings. The fraction of sp³-hybridized carbons (Fsp3) is 0.889. The van der Waals surface area contributed by atoms with E-state index in [-0.39, 0.29) is 11.8 Å². The summed E-state index contributed by atoms with van der Waals surface area (Å²) in [5.41, 5.74) is 0. The van der Waals surface area contributed by atoms with Gasteiger partial charge in [0.2, 0.25) is 0 Å². The fourth-order valence-corrected chi connectivity index (χ4v) is 4.51. The smallest absolute Gasteiger partial charge is 0.320 e. The van der Waals surface area contributed by atoms with Crippen molar-refractivity contribution in [2.24, 2.45) is 0 Å². The molecule has 1 heterocycles. The molecule has 1 rings (SSSR count). The molecular formula is C9H18N2O3S2. The van der Waals surface area contributed by atoms with E-state index in [1.54, 1.807) is 32.8 Å². The van der Waals surface area contributed by atoms with Gasteiger partial charge in [0, 0.05) is 37.9 Å². The Bertz CT molecular complexity index is 354. The number of carbonyl (C=O) groups excluding carboxylic acids is 1. The molecule has 0 aromatic rings. The SMILES string of the molecule is CCS(=O)(=O)C1CSCCN1C(=O)N(C)C. The third-order valence-corrected chi connectivity index (χ3v) is 5.82. The summed E-state index contributed by atoms with van der Waals surface area (Å²) in [7, 11) is 0.0858. The molecule has 0 radical (unpaired) electrons. The normalized spacial score (nSPS) is 21.9. The number of hydrogen-bond acceptors (Lipinski definition) is 4. The van der Waals surface area contributed by atoms with Gasteiger partial charge in [0.05, 0.1) is 0 Å². The topological polar surface area (TPSA) is 57.7 Å². The van der Waals surface area contributed by atoms with E-state index in [1.807, 2.05) is 0 Å². The predicted molar refractivity (Wildman–Crippen MR) is 66.4 cm³/mol. The molecule has 2 amide bonds. The fourth-order valence-electron chi connectivity index (χ4n) is 1.55. The van der Waals surface area contributed by atoms with Crippen molar-refractivity contribution in [2.75, 3.05) is 37.9 Å². The van der Waals surface area contributed by atoms with Crippen LogP contribution < -0.4 is 0 Å². The number of nitrogens with zero attached hydrogens (tertiary/aromatic N) is 2. The average molecular weight is 266 g/mol. The van der Waals surface area contributed by atoms with Crippen molar-refractivity contribution in [1.29, 1.82) is 0 Å². The van der Waals surface area contributed by atoms with Crippen molar-refractivity contribution in [3.05, 3.63) is 0 Å². The molecule has 5 nitrogen and oxygen atoms in total. The Labute approximate surface area is 101 Å². The van der Waals surface area contributed by atoms with Gasteiger partial charge in [-0.3, -0.25) is 0 Å². The summed E-state index contributed by atoms with van der Waals surface area (Å²) in [6.45, 7) is 2.12. The Morgan fingerprint density at radius 1 is 1.50 bits per heavy atom. The molecule has 0 bridgehead atoms. The first-order valence-electron chi connectivity index (χ1n) is 5.17. The molecule has 0 aromatic heterocycles. The Hall–Kier alpha value is -0.430. The number of thioether (sulfide) groups is 1. The Morgan fingerprint density at radius 3 is 2.62 bits per heavy atom. The van der Waals surface area contributed by atoms with E-state index in [0.717, 1.165) is 5.75 Å². The zero-order valence-corrected chi connectivity index (χ0v) is 11.5. The second-order valence-electron chi connectivity index (χ2n) is 3.85. The molecule has 1 aliphatic rings. The van der Waals surface area contributed by atoms with Gasteiger partial charge >= 0.3 is 6.03 Å². The van der Waals surface area contributed by atoms with Crippen LogP contribution in [0.25, 0.3) is 0 Å². The van der Waals surface area contributed by atoms with Crippen molar-refractivity contribution in [3.8, 4) is 0 Å². The lowest BCUT2D eigenvalue weighted by atomic mass is 10.5. The number of sulfone groups is 1. The first-order valence-corrected chi connectivity index (χ1v) is 8.04. The highest BCUT2D eigenvalue weighted by Gasteiger charge is 2.36. The Morgan fingerprint density at radius 2 is 2.12 bits per heavy atom. The molecule has 1 aliphatic heterocycles. The highest BCUT2D eigenvalue weighted by Crippen LogP contribution is 2.22. The first kappa shape index (κ1) is 13.6. The maximum atomic E-state index is 11.9. The quantitative estimate of drug-likeness (QED) is 0.729. The number of carbonyl (C=O) groups is 1. The number of amides is 2. The Balaban J connectivity index is 2.92. The first-order chi connectivity index (χ1) is 7.40. The second-order valence-corrected chi connectivity index (χ2v) is 7.45. The molecule has 1 atom stereocenters. The van der Waals surface area contributed by atoms with Crippen LogP contribution in [0.15, 0.2) is 0 Å². The van der Waals surface area contributed by atoms with Crippen molar-refractivity contribution in [3.63, 3.8) is 0 Å². The summed E-state index contributed by atoms with van der Waals surface area (Å²) >= 11 is 1.59. The monoisotopic (exact) mass is 266 g/mol. The highest BCUT2D eigenvalue weighted by atomic mass is 32.2. The highest BCUT2D eigenvalue weighted by molar-refractivity contribution is 8.01. The molecule has 0 N–H and O–H groups in total. The summed E-state index contributed by atoms with van der Waals surface area (Å²) in [4.78, 5) is 14.7. The molecule has 0 aliphatic carbocycles. The van der Waals surface area contributed by atoms with E-state index in [4.69, 9.17) is 0 Å². The van der Waals surface area contributed by atoms with E-state index in [2.05, 4.69) is 0 Å². The van der Waals surface area contributed by atoms with Gasteiger partial charge in [0.25, 0.3) is 0 Å². The third-order valence-electron chi connectivity index (χ3n) is 2.53.